The molecule has 1 aromatic rings. The first-order valence-electron chi connectivity index (χ1n) is 4.53. The molecule has 0 bridgehead atoms. The highest BCUT2D eigenvalue weighted by molar-refractivity contribution is 5.49. The molecule has 2 N–H and O–H groups in total. The lowest BCUT2D eigenvalue weighted by Gasteiger charge is -2.08. The van der Waals surface area contributed by atoms with Gasteiger partial charge < -0.3 is 5.73 Å². The van der Waals surface area contributed by atoms with Crippen LogP contribution in [0.5, 0.6) is 0 Å². The molecule has 0 aliphatic rings. The van der Waals surface area contributed by atoms with Gasteiger partial charge in [-0.3, -0.25) is 0 Å². The van der Waals surface area contributed by atoms with Crippen LogP contribution in [0.2, 0.25) is 0 Å². The van der Waals surface area contributed by atoms with Gasteiger partial charge in [0, 0.05) is 5.69 Å². The molecule has 0 saturated carbocycles. The average molecular weight is 163 g/mol. The molecule has 1 aromatic carbocycles. The lowest BCUT2D eigenvalue weighted by molar-refractivity contribution is 0.865. The van der Waals surface area contributed by atoms with Gasteiger partial charge in [0.25, 0.3) is 0 Å². The molecule has 0 aliphatic carbocycles. The Balaban J connectivity index is 3.02. The summed E-state index contributed by atoms with van der Waals surface area (Å²) in [5.41, 5.74) is 9.38. The minimum Gasteiger partial charge on any atom is -0.398 e. The van der Waals surface area contributed by atoms with Gasteiger partial charge in [-0.2, -0.15) is 0 Å². The van der Waals surface area contributed by atoms with Gasteiger partial charge in [0.1, 0.15) is 0 Å². The van der Waals surface area contributed by atoms with Gasteiger partial charge >= 0.3 is 0 Å². The molecule has 0 aliphatic heterocycles. The fourth-order valence-electron chi connectivity index (χ4n) is 1.29. The second-order valence-corrected chi connectivity index (χ2v) is 3.47. The van der Waals surface area contributed by atoms with Crippen LogP contribution in [0, 0.1) is 0 Å². The van der Waals surface area contributed by atoms with Gasteiger partial charge in [0.15, 0.2) is 0 Å². The van der Waals surface area contributed by atoms with Crippen LogP contribution in [0.1, 0.15) is 37.8 Å². The molecule has 1 rings (SSSR count). The molecule has 66 valence electrons. The molecule has 0 radical (unpaired) electrons. The van der Waals surface area contributed by atoms with Crippen molar-refractivity contribution < 1.29 is 0 Å². The van der Waals surface area contributed by atoms with Gasteiger partial charge in [-0.15, -0.1) is 0 Å². The minimum absolute atomic E-state index is 0.568. The minimum atomic E-state index is 0.568. The van der Waals surface area contributed by atoms with E-state index in [0.717, 1.165) is 12.1 Å². The summed E-state index contributed by atoms with van der Waals surface area (Å²) in [6.45, 7) is 6.49. The lowest BCUT2D eigenvalue weighted by atomic mass is 9.99. The molecule has 0 amide bonds. The highest BCUT2D eigenvalue weighted by Gasteiger charge is 2.01. The maximum Gasteiger partial charge on any atom is 0.0349 e. The third-order valence-electron chi connectivity index (χ3n) is 2.22. The molecular formula is C11H17N. The fourth-order valence-corrected chi connectivity index (χ4v) is 1.29. The number of nitrogens with two attached hydrogens (primary N) is 1. The van der Waals surface area contributed by atoms with E-state index in [4.69, 9.17) is 5.73 Å². The highest BCUT2D eigenvalue weighted by Crippen LogP contribution is 2.20. The van der Waals surface area contributed by atoms with E-state index < -0.39 is 0 Å². The Bertz CT molecular complexity index is 264. The van der Waals surface area contributed by atoms with Crippen molar-refractivity contribution in [1.29, 1.82) is 0 Å². The summed E-state index contributed by atoms with van der Waals surface area (Å²) in [6, 6.07) is 6.38. The van der Waals surface area contributed by atoms with Crippen LogP contribution in [-0.2, 0) is 6.42 Å². The summed E-state index contributed by atoms with van der Waals surface area (Å²) in [5.74, 6) is 0.568. The number of hydrogen-bond donors (Lipinski definition) is 1. The van der Waals surface area contributed by atoms with Gasteiger partial charge in [-0.05, 0) is 29.5 Å². The Morgan fingerprint density at radius 2 is 2.00 bits per heavy atom. The summed E-state index contributed by atoms with van der Waals surface area (Å²) in [4.78, 5) is 0. The van der Waals surface area contributed by atoms with Crippen molar-refractivity contribution >= 4 is 5.69 Å². The number of rotatable bonds is 2. The van der Waals surface area contributed by atoms with E-state index in [2.05, 4.69) is 39.0 Å². The number of nitrogen functional groups attached to an aromatic ring is 1. The maximum absolute atomic E-state index is 5.87. The molecule has 0 atom stereocenters. The third kappa shape index (κ3) is 1.79. The van der Waals surface area contributed by atoms with Crippen LogP contribution in [0.15, 0.2) is 18.2 Å². The Labute approximate surface area is 74.6 Å². The molecule has 0 saturated heterocycles. The predicted molar refractivity (Wildman–Crippen MR) is 54.3 cm³/mol. The van der Waals surface area contributed by atoms with E-state index in [1.807, 2.05) is 0 Å². The summed E-state index contributed by atoms with van der Waals surface area (Å²) in [6.07, 6.45) is 1.02. The molecule has 0 unspecified atom stereocenters. The van der Waals surface area contributed by atoms with Gasteiger partial charge in [0.05, 0.1) is 0 Å². The van der Waals surface area contributed by atoms with Crippen LogP contribution in [0.25, 0.3) is 0 Å². The van der Waals surface area contributed by atoms with Crippen LogP contribution >= 0.6 is 0 Å². The Kier molecular flexibility index (Phi) is 2.74. The monoisotopic (exact) mass is 163 g/mol. The number of hydrogen-bond acceptors (Lipinski definition) is 1. The second-order valence-electron chi connectivity index (χ2n) is 3.47. The normalized spacial score (nSPS) is 10.7. The molecule has 1 heteroatoms. The van der Waals surface area contributed by atoms with E-state index in [1.165, 1.54) is 11.1 Å². The zero-order valence-corrected chi connectivity index (χ0v) is 8.09. The van der Waals surface area contributed by atoms with Crippen molar-refractivity contribution in [1.82, 2.24) is 0 Å². The smallest absolute Gasteiger partial charge is 0.0349 e. The Hall–Kier alpha value is -0.980. The van der Waals surface area contributed by atoms with E-state index in [9.17, 15) is 0 Å². The van der Waals surface area contributed by atoms with Crippen LogP contribution in [-0.4, -0.2) is 0 Å². The third-order valence-corrected chi connectivity index (χ3v) is 2.22. The van der Waals surface area contributed by atoms with E-state index in [-0.39, 0.29) is 0 Å². The van der Waals surface area contributed by atoms with Crippen molar-refractivity contribution in [3.8, 4) is 0 Å². The van der Waals surface area contributed by atoms with Crippen LogP contribution < -0.4 is 5.73 Å². The SMILES string of the molecule is CCc1ccc(C(C)C)cc1N. The van der Waals surface area contributed by atoms with Gasteiger partial charge in [-0.25, -0.2) is 0 Å². The first kappa shape index (κ1) is 9.11. The van der Waals surface area contributed by atoms with Crippen molar-refractivity contribution in [3.63, 3.8) is 0 Å². The first-order chi connectivity index (χ1) is 5.65. The fraction of sp³-hybridized carbons (Fsp3) is 0.455. The van der Waals surface area contributed by atoms with Crippen molar-refractivity contribution in [3.05, 3.63) is 29.3 Å². The summed E-state index contributed by atoms with van der Waals surface area (Å²) >= 11 is 0. The average Bonchev–Trinajstić information content (AvgIpc) is 2.04. The predicted octanol–water partition coefficient (Wildman–Crippen LogP) is 2.95. The number of anilines is 1. The lowest BCUT2D eigenvalue weighted by Crippen LogP contribution is -1.95. The Morgan fingerprint density at radius 3 is 2.42 bits per heavy atom. The largest absolute Gasteiger partial charge is 0.398 e. The van der Waals surface area contributed by atoms with Crippen LogP contribution in [0.3, 0.4) is 0 Å². The molecule has 0 spiro atoms. The maximum atomic E-state index is 5.87. The molecule has 12 heavy (non-hydrogen) atoms. The Morgan fingerprint density at radius 1 is 1.33 bits per heavy atom. The van der Waals surface area contributed by atoms with E-state index in [1.54, 1.807) is 0 Å². The first-order valence-corrected chi connectivity index (χ1v) is 4.53. The van der Waals surface area contributed by atoms with Crippen molar-refractivity contribution in [2.24, 2.45) is 0 Å². The summed E-state index contributed by atoms with van der Waals surface area (Å²) in [5, 5.41) is 0. The van der Waals surface area contributed by atoms with Gasteiger partial charge in [0.2, 0.25) is 0 Å². The quantitative estimate of drug-likeness (QED) is 0.666. The number of aryl methyl sites for hydroxylation is 1. The molecule has 0 heterocycles. The van der Waals surface area contributed by atoms with E-state index >= 15 is 0 Å². The number of benzene rings is 1. The molecule has 1 nitrogen and oxygen atoms in total. The zero-order valence-electron chi connectivity index (χ0n) is 8.09. The topological polar surface area (TPSA) is 26.0 Å². The molecule has 0 fully saturated rings. The molecule has 0 aromatic heterocycles. The van der Waals surface area contributed by atoms with Crippen LogP contribution in [0.4, 0.5) is 5.69 Å². The van der Waals surface area contributed by atoms with Crippen molar-refractivity contribution in [2.45, 2.75) is 33.1 Å². The standard InChI is InChI=1S/C11H17N/c1-4-9-5-6-10(8(2)3)7-11(9)12/h5-8H,4,12H2,1-3H3. The summed E-state index contributed by atoms with van der Waals surface area (Å²) < 4.78 is 0. The second kappa shape index (κ2) is 3.61. The zero-order chi connectivity index (χ0) is 9.14. The molecular weight excluding hydrogens is 146 g/mol. The van der Waals surface area contributed by atoms with E-state index in [0.29, 0.717) is 5.92 Å². The van der Waals surface area contributed by atoms with Gasteiger partial charge in [-0.1, -0.05) is 32.9 Å². The summed E-state index contributed by atoms with van der Waals surface area (Å²) in [7, 11) is 0. The highest BCUT2D eigenvalue weighted by atomic mass is 14.6. The van der Waals surface area contributed by atoms with Crippen molar-refractivity contribution in [2.75, 3.05) is 5.73 Å².